The molecule has 0 spiro atoms. The molecule has 17 heavy (non-hydrogen) atoms. The zero-order valence-corrected chi connectivity index (χ0v) is 11.8. The van der Waals surface area contributed by atoms with Crippen molar-refractivity contribution in [3.05, 3.63) is 0 Å². The van der Waals surface area contributed by atoms with Crippen LogP contribution in [0.25, 0.3) is 0 Å². The molecule has 0 saturated heterocycles. The second-order valence-corrected chi connectivity index (χ2v) is 5.89. The Hall–Kier alpha value is -0.480. The van der Waals surface area contributed by atoms with Crippen LogP contribution >= 0.6 is 0 Å². The van der Waals surface area contributed by atoms with Gasteiger partial charge in [-0.3, -0.25) is 0 Å². The molecule has 1 atom stereocenters. The fourth-order valence-corrected chi connectivity index (χ4v) is 3.08. The van der Waals surface area contributed by atoms with Gasteiger partial charge in [-0.1, -0.05) is 20.8 Å². The van der Waals surface area contributed by atoms with Gasteiger partial charge in [0.05, 0.1) is 0 Å². The van der Waals surface area contributed by atoms with E-state index < -0.39 is 0 Å². The lowest BCUT2D eigenvalue weighted by molar-refractivity contribution is 0.189. The normalized spacial score (nSPS) is 26.8. The molecule has 1 heteroatoms. The number of nitrogens with one attached hydrogen (secondary N) is 1. The molecule has 98 valence electrons. The molecule has 1 nitrogen and oxygen atoms in total. The van der Waals surface area contributed by atoms with Crippen LogP contribution in [0.5, 0.6) is 0 Å². The first-order valence-corrected chi connectivity index (χ1v) is 7.35. The van der Waals surface area contributed by atoms with Gasteiger partial charge in [-0.15, -0.1) is 12.3 Å². The lowest BCUT2D eigenvalue weighted by atomic mass is 9.74. The summed E-state index contributed by atoms with van der Waals surface area (Å²) in [6, 6.07) is 0.563. The third kappa shape index (κ3) is 4.72. The van der Waals surface area contributed by atoms with Crippen LogP contribution in [0.15, 0.2) is 0 Å². The Morgan fingerprint density at radius 3 is 2.24 bits per heavy atom. The highest BCUT2D eigenvalue weighted by molar-refractivity contribution is 4.93. The van der Waals surface area contributed by atoms with Gasteiger partial charge in [-0.25, -0.2) is 0 Å². The molecule has 0 radical (unpaired) electrons. The quantitative estimate of drug-likeness (QED) is 0.690. The highest BCUT2D eigenvalue weighted by atomic mass is 14.9. The van der Waals surface area contributed by atoms with Crippen molar-refractivity contribution in [2.75, 3.05) is 6.54 Å². The summed E-state index contributed by atoms with van der Waals surface area (Å²) < 4.78 is 0. The Morgan fingerprint density at radius 2 is 1.76 bits per heavy atom. The number of rotatable bonds is 6. The summed E-state index contributed by atoms with van der Waals surface area (Å²) in [5.41, 5.74) is 0. The first-order chi connectivity index (χ1) is 8.19. The molecule has 1 fully saturated rings. The van der Waals surface area contributed by atoms with E-state index in [4.69, 9.17) is 6.42 Å². The average molecular weight is 235 g/mol. The average Bonchev–Trinajstić information content (AvgIpc) is 2.34. The Kier molecular flexibility index (Phi) is 6.66. The molecule has 0 aromatic carbocycles. The second kappa shape index (κ2) is 7.77. The van der Waals surface area contributed by atoms with E-state index in [1.807, 2.05) is 0 Å². The second-order valence-electron chi connectivity index (χ2n) is 5.89. The minimum atomic E-state index is 0.563. The van der Waals surface area contributed by atoms with Gasteiger partial charge in [0.1, 0.15) is 0 Å². The van der Waals surface area contributed by atoms with Gasteiger partial charge >= 0.3 is 0 Å². The zero-order valence-electron chi connectivity index (χ0n) is 11.8. The van der Waals surface area contributed by atoms with E-state index in [1.54, 1.807) is 0 Å². The lowest BCUT2D eigenvalue weighted by Gasteiger charge is -2.35. The minimum absolute atomic E-state index is 0.563. The highest BCUT2D eigenvalue weighted by Gasteiger charge is 2.27. The Labute approximate surface area is 108 Å². The number of hydrogen-bond acceptors (Lipinski definition) is 1. The van der Waals surface area contributed by atoms with E-state index in [1.165, 1.54) is 32.1 Å². The Balaban J connectivity index is 2.40. The molecule has 0 bridgehead atoms. The van der Waals surface area contributed by atoms with Crippen molar-refractivity contribution in [1.82, 2.24) is 5.32 Å². The van der Waals surface area contributed by atoms with Gasteiger partial charge in [0.15, 0.2) is 0 Å². The first-order valence-electron chi connectivity index (χ1n) is 7.35. The monoisotopic (exact) mass is 235 g/mol. The third-order valence-corrected chi connectivity index (χ3v) is 4.32. The Morgan fingerprint density at radius 1 is 1.18 bits per heavy atom. The molecule has 1 unspecified atom stereocenters. The highest BCUT2D eigenvalue weighted by Crippen LogP contribution is 2.35. The van der Waals surface area contributed by atoms with Crippen LogP contribution in [0.1, 0.15) is 59.3 Å². The van der Waals surface area contributed by atoms with Gasteiger partial charge in [0.25, 0.3) is 0 Å². The van der Waals surface area contributed by atoms with Crippen LogP contribution < -0.4 is 5.32 Å². The predicted octanol–water partition coefficient (Wildman–Crippen LogP) is 3.84. The van der Waals surface area contributed by atoms with Gasteiger partial charge in [0, 0.05) is 12.5 Å². The van der Waals surface area contributed by atoms with E-state index in [0.29, 0.717) is 6.04 Å². The molecule has 0 heterocycles. The van der Waals surface area contributed by atoms with E-state index >= 15 is 0 Å². The summed E-state index contributed by atoms with van der Waals surface area (Å²) in [6.07, 6.45) is 13.1. The molecule has 0 amide bonds. The molecule has 1 N–H and O–H groups in total. The van der Waals surface area contributed by atoms with Crippen LogP contribution in [0.2, 0.25) is 0 Å². The van der Waals surface area contributed by atoms with Crippen molar-refractivity contribution < 1.29 is 0 Å². The summed E-state index contributed by atoms with van der Waals surface area (Å²) in [4.78, 5) is 0. The maximum absolute atomic E-state index is 5.49. The molecule has 0 aliphatic heterocycles. The zero-order chi connectivity index (χ0) is 12.7. The van der Waals surface area contributed by atoms with E-state index in [0.717, 1.165) is 30.7 Å². The van der Waals surface area contributed by atoms with Crippen LogP contribution in [0, 0.1) is 30.1 Å². The molecular weight excluding hydrogens is 206 g/mol. The minimum Gasteiger partial charge on any atom is -0.313 e. The summed E-state index contributed by atoms with van der Waals surface area (Å²) in [5, 5.41) is 3.64. The molecule has 1 rings (SSSR count). The molecule has 0 aromatic rings. The lowest BCUT2D eigenvalue weighted by Crippen LogP contribution is -2.38. The SMILES string of the molecule is C#CCC(NCCC)C1CCC(C(C)C)CC1. The van der Waals surface area contributed by atoms with Gasteiger partial charge in [-0.05, 0) is 56.4 Å². The van der Waals surface area contributed by atoms with E-state index in [-0.39, 0.29) is 0 Å². The van der Waals surface area contributed by atoms with E-state index in [9.17, 15) is 0 Å². The van der Waals surface area contributed by atoms with Gasteiger partial charge in [0.2, 0.25) is 0 Å². The molecule has 1 saturated carbocycles. The van der Waals surface area contributed by atoms with E-state index in [2.05, 4.69) is 32.0 Å². The summed E-state index contributed by atoms with van der Waals surface area (Å²) in [5.74, 6) is 5.46. The smallest absolute Gasteiger partial charge is 0.0243 e. The fraction of sp³-hybridized carbons (Fsp3) is 0.875. The van der Waals surface area contributed by atoms with Crippen molar-refractivity contribution in [3.8, 4) is 12.3 Å². The molecule has 0 aromatic heterocycles. The molecule has 1 aliphatic carbocycles. The predicted molar refractivity (Wildman–Crippen MR) is 75.8 cm³/mol. The summed E-state index contributed by atoms with van der Waals surface area (Å²) >= 11 is 0. The van der Waals surface area contributed by atoms with Crippen molar-refractivity contribution in [3.63, 3.8) is 0 Å². The van der Waals surface area contributed by atoms with Gasteiger partial charge in [-0.2, -0.15) is 0 Å². The first kappa shape index (κ1) is 14.6. The Bertz CT molecular complexity index is 230. The van der Waals surface area contributed by atoms with Crippen LogP contribution in [0.4, 0.5) is 0 Å². The third-order valence-electron chi connectivity index (χ3n) is 4.32. The number of terminal acetylenes is 1. The van der Waals surface area contributed by atoms with Crippen LogP contribution in [-0.2, 0) is 0 Å². The molecular formula is C16H29N. The van der Waals surface area contributed by atoms with Crippen molar-refractivity contribution in [1.29, 1.82) is 0 Å². The number of hydrogen-bond donors (Lipinski definition) is 1. The topological polar surface area (TPSA) is 12.0 Å². The van der Waals surface area contributed by atoms with Crippen molar-refractivity contribution in [2.45, 2.75) is 65.3 Å². The largest absolute Gasteiger partial charge is 0.313 e. The maximum Gasteiger partial charge on any atom is 0.0243 e. The van der Waals surface area contributed by atoms with Crippen LogP contribution in [-0.4, -0.2) is 12.6 Å². The summed E-state index contributed by atoms with van der Waals surface area (Å²) in [7, 11) is 0. The fourth-order valence-electron chi connectivity index (χ4n) is 3.08. The maximum atomic E-state index is 5.49. The van der Waals surface area contributed by atoms with Gasteiger partial charge < -0.3 is 5.32 Å². The summed E-state index contributed by atoms with van der Waals surface area (Å²) in [6.45, 7) is 8.05. The standard InChI is InChI=1S/C16H29N/c1-5-7-16(17-12-6-2)15-10-8-14(9-11-15)13(3)4/h1,13-17H,6-12H2,2-4H3. The van der Waals surface area contributed by atoms with Crippen molar-refractivity contribution in [2.24, 2.45) is 17.8 Å². The van der Waals surface area contributed by atoms with Crippen molar-refractivity contribution >= 4 is 0 Å². The molecule has 1 aliphatic rings. The van der Waals surface area contributed by atoms with Crippen LogP contribution in [0.3, 0.4) is 0 Å².